The maximum Gasteiger partial charge on any atom is 0.419 e. The number of carbonyl (C=O) groups is 3. The molecule has 40 heavy (non-hydrogen) atoms. The van der Waals surface area contributed by atoms with Crippen molar-refractivity contribution in [1.29, 1.82) is 0 Å². The number of para-hydroxylation sites is 1. The lowest BCUT2D eigenvalue weighted by molar-refractivity contribution is -0.143. The van der Waals surface area contributed by atoms with Gasteiger partial charge in [0.2, 0.25) is 11.8 Å². The number of benzene rings is 2. The zero-order valence-electron chi connectivity index (χ0n) is 22.5. The van der Waals surface area contributed by atoms with E-state index < -0.39 is 52.9 Å². The number of fused-ring (bicyclic) bond motifs is 1. The molecule has 12 heteroatoms. The summed E-state index contributed by atoms with van der Waals surface area (Å²) in [5.41, 5.74) is 3.97. The summed E-state index contributed by atoms with van der Waals surface area (Å²) in [5.74, 6) is -2.03. The highest BCUT2D eigenvalue weighted by Crippen LogP contribution is 2.39. The Morgan fingerprint density at radius 2 is 1.77 bits per heavy atom. The van der Waals surface area contributed by atoms with Gasteiger partial charge in [-0.15, -0.1) is 0 Å². The zero-order chi connectivity index (χ0) is 29.3. The first kappa shape index (κ1) is 29.1. The topological polar surface area (TPSA) is 117 Å². The zero-order valence-corrected chi connectivity index (χ0v) is 22.5. The molecular formula is C28H32F3N5O4. The van der Waals surface area contributed by atoms with Crippen LogP contribution < -0.4 is 15.8 Å². The SMILES string of the molecule is CN1N=C2CCN(C(=O)[C@@H](COc3ccccc3C(F)(F)F)NC(=O)C(C)(C)N)C[C@@]2(Cc2ccccc2)C1=O. The van der Waals surface area contributed by atoms with Crippen LogP contribution in [0.5, 0.6) is 5.75 Å². The molecule has 0 aliphatic carbocycles. The minimum atomic E-state index is -4.68. The highest BCUT2D eigenvalue weighted by atomic mass is 19.4. The van der Waals surface area contributed by atoms with Gasteiger partial charge >= 0.3 is 6.18 Å². The lowest BCUT2D eigenvalue weighted by atomic mass is 9.73. The van der Waals surface area contributed by atoms with Crippen LogP contribution in [0.15, 0.2) is 59.7 Å². The molecule has 3 amide bonds. The third kappa shape index (κ3) is 5.96. The van der Waals surface area contributed by atoms with Crippen LogP contribution in [-0.2, 0) is 27.0 Å². The molecule has 0 spiro atoms. The van der Waals surface area contributed by atoms with Gasteiger partial charge in [-0.1, -0.05) is 42.5 Å². The van der Waals surface area contributed by atoms with Gasteiger partial charge in [0.25, 0.3) is 5.91 Å². The van der Waals surface area contributed by atoms with E-state index >= 15 is 0 Å². The van der Waals surface area contributed by atoms with E-state index in [9.17, 15) is 27.6 Å². The summed E-state index contributed by atoms with van der Waals surface area (Å²) in [6.07, 6.45) is -4.06. The van der Waals surface area contributed by atoms with Crippen molar-refractivity contribution in [3.63, 3.8) is 0 Å². The summed E-state index contributed by atoms with van der Waals surface area (Å²) in [5, 5.41) is 8.25. The summed E-state index contributed by atoms with van der Waals surface area (Å²) >= 11 is 0. The lowest BCUT2D eigenvalue weighted by Crippen LogP contribution is -2.62. The van der Waals surface area contributed by atoms with Crippen molar-refractivity contribution in [1.82, 2.24) is 15.2 Å². The Bertz CT molecular complexity index is 1310. The number of piperidine rings is 1. The molecule has 9 nitrogen and oxygen atoms in total. The summed E-state index contributed by atoms with van der Waals surface area (Å²) in [6, 6.07) is 12.6. The van der Waals surface area contributed by atoms with Crippen molar-refractivity contribution < 1.29 is 32.3 Å². The number of nitrogens with zero attached hydrogens (tertiary/aromatic N) is 3. The average Bonchev–Trinajstić information content (AvgIpc) is 3.14. The van der Waals surface area contributed by atoms with Gasteiger partial charge in [-0.25, -0.2) is 5.01 Å². The van der Waals surface area contributed by atoms with E-state index in [1.807, 2.05) is 30.3 Å². The average molecular weight is 560 g/mol. The molecule has 0 aromatic heterocycles. The van der Waals surface area contributed by atoms with Gasteiger partial charge in [-0.3, -0.25) is 14.4 Å². The predicted molar refractivity (Wildman–Crippen MR) is 141 cm³/mol. The van der Waals surface area contributed by atoms with Gasteiger partial charge in [-0.05, 0) is 38.0 Å². The monoisotopic (exact) mass is 559 g/mol. The van der Waals surface area contributed by atoms with Gasteiger partial charge in [0.1, 0.15) is 23.8 Å². The first-order chi connectivity index (χ1) is 18.7. The quantitative estimate of drug-likeness (QED) is 0.516. The molecule has 1 fully saturated rings. The highest BCUT2D eigenvalue weighted by Gasteiger charge is 2.54. The Morgan fingerprint density at radius 3 is 2.42 bits per heavy atom. The van der Waals surface area contributed by atoms with Crippen molar-refractivity contribution in [2.75, 3.05) is 26.7 Å². The second-order valence-electron chi connectivity index (χ2n) is 10.7. The van der Waals surface area contributed by atoms with E-state index in [-0.39, 0.29) is 19.0 Å². The Morgan fingerprint density at radius 1 is 1.12 bits per heavy atom. The Balaban J connectivity index is 1.61. The van der Waals surface area contributed by atoms with Crippen molar-refractivity contribution in [3.8, 4) is 5.75 Å². The summed E-state index contributed by atoms with van der Waals surface area (Å²) in [7, 11) is 1.56. The summed E-state index contributed by atoms with van der Waals surface area (Å²) in [4.78, 5) is 41.4. The van der Waals surface area contributed by atoms with Gasteiger partial charge < -0.3 is 20.7 Å². The molecular weight excluding hydrogens is 527 g/mol. The van der Waals surface area contributed by atoms with Crippen LogP contribution in [0.1, 0.15) is 31.4 Å². The number of likely N-dealkylation sites (tertiary alicyclic amines) is 1. The minimum absolute atomic E-state index is 0.0136. The van der Waals surface area contributed by atoms with Crippen LogP contribution in [0.25, 0.3) is 0 Å². The maximum atomic E-state index is 13.8. The third-order valence-electron chi connectivity index (χ3n) is 7.05. The van der Waals surface area contributed by atoms with Crippen LogP contribution >= 0.6 is 0 Å². The van der Waals surface area contributed by atoms with Crippen LogP contribution in [-0.4, -0.2) is 71.7 Å². The third-order valence-corrected chi connectivity index (χ3v) is 7.05. The number of hydrogen-bond donors (Lipinski definition) is 2. The number of nitrogens with one attached hydrogen (secondary N) is 1. The fraction of sp³-hybridized carbons (Fsp3) is 0.429. The normalized spacial score (nSPS) is 20.1. The minimum Gasteiger partial charge on any atom is -0.490 e. The highest BCUT2D eigenvalue weighted by molar-refractivity contribution is 6.13. The standard InChI is InChI=1S/C28H32F3N5O4/c1-26(2,32)24(38)33-20(16-40-21-12-8-7-11-19(21)28(29,30)31)23(37)36-14-13-22-27(17-36,25(39)35(3)34-22)15-18-9-5-4-6-10-18/h4-12,20H,13-17,32H2,1-3H3,(H,33,38)/t20-,27-/m1/s1. The molecule has 2 aromatic carbocycles. The van der Waals surface area contributed by atoms with Crippen LogP contribution in [0.2, 0.25) is 0 Å². The Hall–Kier alpha value is -3.93. The maximum absolute atomic E-state index is 13.8. The Labute approximate surface area is 230 Å². The number of hydrazone groups is 1. The van der Waals surface area contributed by atoms with E-state index in [2.05, 4.69) is 10.4 Å². The number of ether oxygens (including phenoxy) is 1. The molecule has 2 aliphatic heterocycles. The lowest BCUT2D eigenvalue weighted by Gasteiger charge is -2.40. The summed E-state index contributed by atoms with van der Waals surface area (Å²) < 4.78 is 46.0. The van der Waals surface area contributed by atoms with Crippen LogP contribution in [0, 0.1) is 5.41 Å². The second-order valence-corrected chi connectivity index (χ2v) is 10.7. The smallest absolute Gasteiger partial charge is 0.419 e. The number of carbonyl (C=O) groups excluding carboxylic acids is 3. The van der Waals surface area contributed by atoms with E-state index in [1.54, 1.807) is 7.05 Å². The first-order valence-electron chi connectivity index (χ1n) is 12.8. The number of amides is 3. The number of hydrogen-bond acceptors (Lipinski definition) is 6. The van der Waals surface area contributed by atoms with E-state index in [1.165, 1.54) is 35.9 Å². The van der Waals surface area contributed by atoms with Crippen molar-refractivity contribution in [2.45, 2.75) is 44.4 Å². The van der Waals surface area contributed by atoms with E-state index in [4.69, 9.17) is 10.5 Å². The summed E-state index contributed by atoms with van der Waals surface area (Å²) in [6.45, 7) is 2.49. The molecule has 0 radical (unpaired) electrons. The Kier molecular flexibility index (Phi) is 7.93. The largest absolute Gasteiger partial charge is 0.490 e. The fourth-order valence-electron chi connectivity index (χ4n) is 4.95. The molecule has 2 aliphatic rings. The molecule has 0 saturated carbocycles. The number of nitrogens with two attached hydrogens (primary N) is 1. The van der Waals surface area contributed by atoms with Gasteiger partial charge in [0.05, 0.1) is 16.8 Å². The molecule has 2 heterocycles. The van der Waals surface area contributed by atoms with Crippen molar-refractivity contribution in [3.05, 3.63) is 65.7 Å². The van der Waals surface area contributed by atoms with Gasteiger partial charge in [0.15, 0.2) is 0 Å². The van der Waals surface area contributed by atoms with Crippen LogP contribution in [0.4, 0.5) is 13.2 Å². The molecule has 4 rings (SSSR count). The van der Waals surface area contributed by atoms with Crippen molar-refractivity contribution in [2.24, 2.45) is 16.3 Å². The molecule has 0 bridgehead atoms. The predicted octanol–water partition coefficient (Wildman–Crippen LogP) is 2.60. The van der Waals surface area contributed by atoms with E-state index in [0.717, 1.165) is 17.7 Å². The molecule has 214 valence electrons. The number of rotatable bonds is 8. The first-order valence-corrected chi connectivity index (χ1v) is 12.8. The van der Waals surface area contributed by atoms with Crippen molar-refractivity contribution >= 4 is 23.4 Å². The number of alkyl halides is 3. The molecule has 0 unspecified atom stereocenters. The molecule has 2 aromatic rings. The fourth-order valence-corrected chi connectivity index (χ4v) is 4.95. The molecule has 2 atom stereocenters. The molecule has 3 N–H and O–H groups in total. The second kappa shape index (κ2) is 10.9. The molecule has 1 saturated heterocycles. The number of halogens is 3. The van der Waals surface area contributed by atoms with Gasteiger partial charge in [0, 0.05) is 26.6 Å². The van der Waals surface area contributed by atoms with Gasteiger partial charge in [-0.2, -0.15) is 18.3 Å². The van der Waals surface area contributed by atoms with Crippen LogP contribution in [0.3, 0.4) is 0 Å². The van der Waals surface area contributed by atoms with E-state index in [0.29, 0.717) is 18.6 Å².